The Labute approximate surface area is 153 Å². The monoisotopic (exact) mass is 429 g/mol. The molecule has 0 bridgehead atoms. The number of carboxylic acid groups (broad SMARTS) is 1. The van der Waals surface area contributed by atoms with E-state index in [2.05, 4.69) is 36.0 Å². The van der Waals surface area contributed by atoms with E-state index in [1.54, 1.807) is 6.07 Å². The van der Waals surface area contributed by atoms with Crippen molar-refractivity contribution < 1.29 is 27.8 Å². The van der Waals surface area contributed by atoms with Crippen molar-refractivity contribution >= 4 is 38.7 Å². The van der Waals surface area contributed by atoms with Crippen molar-refractivity contribution in [2.75, 3.05) is 5.32 Å². The van der Waals surface area contributed by atoms with E-state index < -0.39 is 12.5 Å². The molecular formula is C16H11BrF3N3O3. The molecule has 0 radical (unpaired) electrons. The fraction of sp³-hybridized carbons (Fsp3) is 0.125. The standard InChI is InChI=1S/C16H11BrF3N3O3/c17-6-11-12(23-15(24)25)5-10(13-14(11)22-7-21-13)8-1-3-9(4-2-8)26-16(18,19)20/h1-5,7,23H,6H2,(H,21,22)(H,24,25). The summed E-state index contributed by atoms with van der Waals surface area (Å²) >= 11 is 3.31. The highest BCUT2D eigenvalue weighted by Crippen LogP contribution is 2.36. The minimum atomic E-state index is -4.77. The van der Waals surface area contributed by atoms with Crippen LogP contribution in [0.1, 0.15) is 5.56 Å². The van der Waals surface area contributed by atoms with Crippen molar-refractivity contribution in [1.29, 1.82) is 0 Å². The van der Waals surface area contributed by atoms with Gasteiger partial charge in [-0.1, -0.05) is 28.1 Å². The number of hydrogen-bond acceptors (Lipinski definition) is 3. The molecule has 3 rings (SSSR count). The van der Waals surface area contributed by atoms with Gasteiger partial charge >= 0.3 is 12.5 Å². The van der Waals surface area contributed by atoms with Crippen LogP contribution < -0.4 is 10.1 Å². The van der Waals surface area contributed by atoms with Gasteiger partial charge in [-0.05, 0) is 23.8 Å². The fourth-order valence-electron chi connectivity index (χ4n) is 2.59. The van der Waals surface area contributed by atoms with E-state index in [1.165, 1.54) is 30.6 Å². The Morgan fingerprint density at radius 3 is 2.58 bits per heavy atom. The number of benzene rings is 2. The van der Waals surface area contributed by atoms with Crippen LogP contribution in [0.4, 0.5) is 23.7 Å². The van der Waals surface area contributed by atoms with Crippen LogP contribution in [0.25, 0.3) is 22.2 Å². The van der Waals surface area contributed by atoms with Crippen molar-refractivity contribution in [3.05, 3.63) is 42.2 Å². The molecule has 0 atom stereocenters. The Hall–Kier alpha value is -2.75. The third kappa shape index (κ3) is 3.74. The van der Waals surface area contributed by atoms with Crippen LogP contribution in [-0.4, -0.2) is 27.5 Å². The smallest absolute Gasteiger partial charge is 0.465 e. The second-order valence-corrected chi connectivity index (χ2v) is 5.77. The lowest BCUT2D eigenvalue weighted by Gasteiger charge is -2.13. The summed E-state index contributed by atoms with van der Waals surface area (Å²) in [6.07, 6.45) is -4.54. The van der Waals surface area contributed by atoms with E-state index >= 15 is 0 Å². The Bertz CT molecular complexity index is 955. The number of anilines is 1. The highest BCUT2D eigenvalue weighted by molar-refractivity contribution is 9.08. The van der Waals surface area contributed by atoms with Crippen LogP contribution in [0.5, 0.6) is 5.75 Å². The summed E-state index contributed by atoms with van der Waals surface area (Å²) in [6, 6.07) is 6.89. The lowest BCUT2D eigenvalue weighted by molar-refractivity contribution is -0.274. The van der Waals surface area contributed by atoms with E-state index in [9.17, 15) is 18.0 Å². The Kier molecular flexibility index (Phi) is 4.77. The highest BCUT2D eigenvalue weighted by Gasteiger charge is 2.31. The lowest BCUT2D eigenvalue weighted by Crippen LogP contribution is -2.16. The summed E-state index contributed by atoms with van der Waals surface area (Å²) < 4.78 is 40.7. The Morgan fingerprint density at radius 2 is 2.00 bits per heavy atom. The SMILES string of the molecule is O=C(O)Nc1cc(-c2ccc(OC(F)(F)F)cc2)c2[nH]cnc2c1CBr. The molecule has 0 saturated heterocycles. The maximum atomic E-state index is 12.3. The fourth-order valence-corrected chi connectivity index (χ4v) is 3.15. The van der Waals surface area contributed by atoms with Gasteiger partial charge in [0, 0.05) is 16.5 Å². The lowest BCUT2D eigenvalue weighted by atomic mass is 10.00. The number of halogens is 4. The molecule has 10 heteroatoms. The predicted molar refractivity (Wildman–Crippen MR) is 92.5 cm³/mol. The zero-order chi connectivity index (χ0) is 18.9. The largest absolute Gasteiger partial charge is 0.573 e. The number of ether oxygens (including phenoxy) is 1. The molecule has 0 fully saturated rings. The van der Waals surface area contributed by atoms with E-state index in [4.69, 9.17) is 5.11 Å². The third-order valence-corrected chi connectivity index (χ3v) is 4.14. The number of aromatic nitrogens is 2. The van der Waals surface area contributed by atoms with Gasteiger partial charge in [-0.15, -0.1) is 13.2 Å². The molecule has 0 saturated carbocycles. The quantitative estimate of drug-likeness (QED) is 0.502. The molecule has 136 valence electrons. The minimum Gasteiger partial charge on any atom is -0.465 e. The number of alkyl halides is 4. The van der Waals surface area contributed by atoms with Crippen LogP contribution >= 0.6 is 15.9 Å². The maximum Gasteiger partial charge on any atom is 0.573 e. The van der Waals surface area contributed by atoms with E-state index in [1.807, 2.05) is 0 Å². The molecule has 2 aromatic carbocycles. The van der Waals surface area contributed by atoms with E-state index in [-0.39, 0.29) is 5.75 Å². The van der Waals surface area contributed by atoms with Crippen molar-refractivity contribution in [3.8, 4) is 16.9 Å². The molecule has 6 nitrogen and oxygen atoms in total. The number of imidazole rings is 1. The van der Waals surface area contributed by atoms with Gasteiger partial charge in [0.15, 0.2) is 0 Å². The second-order valence-electron chi connectivity index (χ2n) is 5.21. The van der Waals surface area contributed by atoms with Gasteiger partial charge in [-0.25, -0.2) is 9.78 Å². The molecule has 0 aliphatic rings. The van der Waals surface area contributed by atoms with Gasteiger partial charge in [0.05, 0.1) is 23.0 Å². The number of rotatable bonds is 4. The summed E-state index contributed by atoms with van der Waals surface area (Å²) in [5, 5.41) is 11.7. The van der Waals surface area contributed by atoms with Gasteiger partial charge in [-0.2, -0.15) is 0 Å². The molecule has 1 amide bonds. The number of fused-ring (bicyclic) bond motifs is 1. The number of hydrogen-bond donors (Lipinski definition) is 3. The molecular weight excluding hydrogens is 419 g/mol. The van der Waals surface area contributed by atoms with Gasteiger partial charge in [-0.3, -0.25) is 5.32 Å². The first-order valence-corrected chi connectivity index (χ1v) is 8.31. The van der Waals surface area contributed by atoms with Crippen molar-refractivity contribution in [3.63, 3.8) is 0 Å². The molecule has 3 N–H and O–H groups in total. The minimum absolute atomic E-state index is 0.333. The first kappa shape index (κ1) is 18.1. The van der Waals surface area contributed by atoms with Gasteiger partial charge < -0.3 is 14.8 Å². The molecule has 0 unspecified atom stereocenters. The number of nitrogens with one attached hydrogen (secondary N) is 2. The van der Waals surface area contributed by atoms with E-state index in [0.717, 1.165) is 0 Å². The summed E-state index contributed by atoms with van der Waals surface area (Å²) in [4.78, 5) is 18.3. The van der Waals surface area contributed by atoms with E-state index in [0.29, 0.717) is 38.7 Å². The normalized spacial score (nSPS) is 11.5. The summed E-state index contributed by atoms with van der Waals surface area (Å²) in [5.74, 6) is -0.344. The first-order chi connectivity index (χ1) is 12.3. The number of nitrogens with zero attached hydrogens (tertiary/aromatic N) is 1. The molecule has 26 heavy (non-hydrogen) atoms. The van der Waals surface area contributed by atoms with Gasteiger partial charge in [0.2, 0.25) is 0 Å². The maximum absolute atomic E-state index is 12.3. The van der Waals surface area contributed by atoms with Crippen LogP contribution in [-0.2, 0) is 5.33 Å². The molecule has 0 aliphatic heterocycles. The molecule has 3 aromatic rings. The molecule has 0 aliphatic carbocycles. The average molecular weight is 430 g/mol. The van der Waals surface area contributed by atoms with Crippen LogP contribution in [0, 0.1) is 0 Å². The Balaban J connectivity index is 2.09. The summed E-state index contributed by atoms with van der Waals surface area (Å²) in [5.41, 5.74) is 3.33. The first-order valence-electron chi connectivity index (χ1n) is 7.19. The summed E-state index contributed by atoms with van der Waals surface area (Å²) in [6.45, 7) is 0. The molecule has 1 aromatic heterocycles. The van der Waals surface area contributed by atoms with Crippen LogP contribution in [0.15, 0.2) is 36.7 Å². The zero-order valence-corrected chi connectivity index (χ0v) is 14.5. The molecule has 1 heterocycles. The molecule has 0 spiro atoms. The van der Waals surface area contributed by atoms with Crippen molar-refractivity contribution in [2.45, 2.75) is 11.7 Å². The topological polar surface area (TPSA) is 87.2 Å². The summed E-state index contributed by atoms with van der Waals surface area (Å²) in [7, 11) is 0. The van der Waals surface area contributed by atoms with Crippen LogP contribution in [0.2, 0.25) is 0 Å². The van der Waals surface area contributed by atoms with Crippen LogP contribution in [0.3, 0.4) is 0 Å². The highest BCUT2D eigenvalue weighted by atomic mass is 79.9. The number of amides is 1. The Morgan fingerprint density at radius 1 is 1.31 bits per heavy atom. The number of aromatic amines is 1. The second kappa shape index (κ2) is 6.87. The predicted octanol–water partition coefficient (Wildman–Crippen LogP) is 5.11. The third-order valence-electron chi connectivity index (χ3n) is 3.58. The number of H-pyrrole nitrogens is 1. The van der Waals surface area contributed by atoms with Gasteiger partial charge in [0.25, 0.3) is 0 Å². The zero-order valence-electron chi connectivity index (χ0n) is 12.9. The van der Waals surface area contributed by atoms with Crippen molar-refractivity contribution in [1.82, 2.24) is 9.97 Å². The number of carbonyl (C=O) groups is 1. The van der Waals surface area contributed by atoms with Gasteiger partial charge in [0.1, 0.15) is 5.75 Å². The average Bonchev–Trinajstić information content (AvgIpc) is 3.02. The van der Waals surface area contributed by atoms with Crippen molar-refractivity contribution in [2.24, 2.45) is 0 Å².